The van der Waals surface area contributed by atoms with Crippen molar-refractivity contribution in [1.29, 1.82) is 0 Å². The summed E-state index contributed by atoms with van der Waals surface area (Å²) in [5.74, 6) is 0.481. The SMILES string of the molecule is CC(C)(C)OC(=O)n1ccc2cc(C3CN(C(c4ccccc4)c4ccccc4)C3)ccc21. The van der Waals surface area contributed by atoms with Gasteiger partial charge in [-0.15, -0.1) is 0 Å². The fraction of sp³-hybridized carbons (Fsp3) is 0.276. The number of nitrogens with zero attached hydrogens (tertiary/aromatic N) is 2. The van der Waals surface area contributed by atoms with Crippen LogP contribution < -0.4 is 0 Å². The van der Waals surface area contributed by atoms with Crippen molar-refractivity contribution in [2.75, 3.05) is 13.1 Å². The van der Waals surface area contributed by atoms with Crippen LogP contribution in [0.4, 0.5) is 4.79 Å². The Labute approximate surface area is 195 Å². The Kier molecular flexibility index (Phi) is 5.55. The molecular weight excluding hydrogens is 408 g/mol. The first-order chi connectivity index (χ1) is 15.9. The van der Waals surface area contributed by atoms with E-state index < -0.39 is 5.60 Å². The number of likely N-dealkylation sites (tertiary alicyclic amines) is 1. The Hall–Kier alpha value is -3.37. The quantitative estimate of drug-likeness (QED) is 0.359. The molecule has 4 heteroatoms. The summed E-state index contributed by atoms with van der Waals surface area (Å²) in [6.07, 6.45) is 1.46. The van der Waals surface area contributed by atoms with Crippen LogP contribution in [0.2, 0.25) is 0 Å². The highest BCUT2D eigenvalue weighted by atomic mass is 16.6. The fourth-order valence-corrected chi connectivity index (χ4v) is 4.70. The van der Waals surface area contributed by atoms with E-state index in [-0.39, 0.29) is 12.1 Å². The van der Waals surface area contributed by atoms with Crippen molar-refractivity contribution >= 4 is 17.0 Å². The molecule has 0 unspecified atom stereocenters. The summed E-state index contributed by atoms with van der Waals surface area (Å²) in [5, 5.41) is 1.07. The molecule has 4 aromatic rings. The second kappa shape index (κ2) is 8.53. The minimum atomic E-state index is -0.517. The second-order valence-electron chi connectivity index (χ2n) is 9.86. The van der Waals surface area contributed by atoms with Crippen LogP contribution in [0.1, 0.15) is 49.4 Å². The molecule has 1 aromatic heterocycles. The number of aromatic nitrogens is 1. The van der Waals surface area contributed by atoms with Gasteiger partial charge in [0.2, 0.25) is 0 Å². The summed E-state index contributed by atoms with van der Waals surface area (Å²) in [6, 6.07) is 30.2. The topological polar surface area (TPSA) is 34.5 Å². The maximum Gasteiger partial charge on any atom is 0.418 e. The van der Waals surface area contributed by atoms with Crippen molar-refractivity contribution in [2.45, 2.75) is 38.3 Å². The van der Waals surface area contributed by atoms with Gasteiger partial charge < -0.3 is 4.74 Å². The van der Waals surface area contributed by atoms with E-state index in [2.05, 4.69) is 77.7 Å². The molecule has 2 heterocycles. The number of carbonyl (C=O) groups is 1. The van der Waals surface area contributed by atoms with Gasteiger partial charge in [0.25, 0.3) is 0 Å². The van der Waals surface area contributed by atoms with Gasteiger partial charge in [0.1, 0.15) is 5.60 Å². The summed E-state index contributed by atoms with van der Waals surface area (Å²) >= 11 is 0. The van der Waals surface area contributed by atoms with Gasteiger partial charge in [-0.1, -0.05) is 66.7 Å². The first-order valence-corrected chi connectivity index (χ1v) is 11.6. The molecule has 0 spiro atoms. The van der Waals surface area contributed by atoms with E-state index in [1.54, 1.807) is 10.8 Å². The third-order valence-corrected chi connectivity index (χ3v) is 6.28. The second-order valence-corrected chi connectivity index (χ2v) is 9.86. The first kappa shape index (κ1) is 21.5. The van der Waals surface area contributed by atoms with Crippen LogP contribution in [0.5, 0.6) is 0 Å². The largest absolute Gasteiger partial charge is 0.443 e. The summed E-state index contributed by atoms with van der Waals surface area (Å²) in [5.41, 5.74) is 4.34. The van der Waals surface area contributed by atoms with Crippen molar-refractivity contribution in [2.24, 2.45) is 0 Å². The Bertz CT molecular complexity index is 1210. The molecule has 0 bridgehead atoms. The molecule has 0 saturated carbocycles. The van der Waals surface area contributed by atoms with E-state index in [1.807, 2.05) is 32.9 Å². The number of rotatable bonds is 4. The molecule has 168 valence electrons. The van der Waals surface area contributed by atoms with Gasteiger partial charge in [-0.25, -0.2) is 4.79 Å². The molecule has 0 radical (unpaired) electrons. The lowest BCUT2D eigenvalue weighted by molar-refractivity contribution is 0.0544. The van der Waals surface area contributed by atoms with Gasteiger partial charge in [-0.3, -0.25) is 9.47 Å². The average Bonchev–Trinajstić information content (AvgIpc) is 3.19. The molecule has 0 aliphatic carbocycles. The summed E-state index contributed by atoms with van der Waals surface area (Å²) in [7, 11) is 0. The van der Waals surface area contributed by atoms with E-state index in [1.165, 1.54) is 16.7 Å². The number of hydrogen-bond acceptors (Lipinski definition) is 3. The third kappa shape index (κ3) is 4.44. The van der Waals surface area contributed by atoms with Gasteiger partial charge in [-0.2, -0.15) is 0 Å². The predicted molar refractivity (Wildman–Crippen MR) is 133 cm³/mol. The average molecular weight is 439 g/mol. The van der Waals surface area contributed by atoms with Crippen LogP contribution in [0, 0.1) is 0 Å². The minimum absolute atomic E-state index is 0.264. The standard InChI is InChI=1S/C29H30N2O2/c1-29(2,3)33-28(32)31-17-16-24-18-23(14-15-26(24)31)25-19-30(20-25)27(21-10-6-4-7-11-21)22-12-8-5-9-13-22/h4-18,25,27H,19-20H2,1-3H3. The van der Waals surface area contributed by atoms with E-state index in [0.29, 0.717) is 5.92 Å². The van der Waals surface area contributed by atoms with Gasteiger partial charge in [-0.05, 0) is 55.7 Å². The molecule has 5 rings (SSSR count). The van der Waals surface area contributed by atoms with E-state index >= 15 is 0 Å². The molecule has 1 aliphatic rings. The lowest BCUT2D eigenvalue weighted by atomic mass is 9.86. The van der Waals surface area contributed by atoms with Gasteiger partial charge in [0.05, 0.1) is 11.6 Å². The zero-order valence-corrected chi connectivity index (χ0v) is 19.4. The molecule has 1 aliphatic heterocycles. The molecule has 1 saturated heterocycles. The van der Waals surface area contributed by atoms with E-state index in [0.717, 1.165) is 24.0 Å². The number of benzene rings is 3. The van der Waals surface area contributed by atoms with Crippen molar-refractivity contribution in [3.8, 4) is 0 Å². The number of fused-ring (bicyclic) bond motifs is 1. The summed E-state index contributed by atoms with van der Waals surface area (Å²) < 4.78 is 7.14. The van der Waals surface area contributed by atoms with Crippen LogP contribution in [0.3, 0.4) is 0 Å². The van der Waals surface area contributed by atoms with Gasteiger partial charge in [0.15, 0.2) is 0 Å². The zero-order chi connectivity index (χ0) is 23.0. The van der Waals surface area contributed by atoms with Crippen LogP contribution in [0.15, 0.2) is 91.1 Å². The van der Waals surface area contributed by atoms with Gasteiger partial charge >= 0.3 is 6.09 Å². The monoisotopic (exact) mass is 438 g/mol. The first-order valence-electron chi connectivity index (χ1n) is 11.6. The van der Waals surface area contributed by atoms with Crippen molar-refractivity contribution in [1.82, 2.24) is 9.47 Å². The van der Waals surface area contributed by atoms with Crippen LogP contribution in [-0.4, -0.2) is 34.3 Å². The van der Waals surface area contributed by atoms with E-state index in [4.69, 9.17) is 4.74 Å². The van der Waals surface area contributed by atoms with Crippen LogP contribution in [0.25, 0.3) is 10.9 Å². The molecule has 33 heavy (non-hydrogen) atoms. The Balaban J connectivity index is 1.35. The van der Waals surface area contributed by atoms with Gasteiger partial charge in [0, 0.05) is 30.6 Å². The Morgan fingerprint density at radius 3 is 2.06 bits per heavy atom. The molecule has 0 amide bonds. The lowest BCUT2D eigenvalue weighted by Crippen LogP contribution is -2.47. The highest BCUT2D eigenvalue weighted by molar-refractivity contribution is 5.90. The third-order valence-electron chi connectivity index (χ3n) is 6.28. The van der Waals surface area contributed by atoms with Crippen molar-refractivity contribution < 1.29 is 9.53 Å². The van der Waals surface area contributed by atoms with Crippen LogP contribution >= 0.6 is 0 Å². The molecule has 1 fully saturated rings. The minimum Gasteiger partial charge on any atom is -0.443 e. The number of hydrogen-bond donors (Lipinski definition) is 0. The predicted octanol–water partition coefficient (Wildman–Crippen LogP) is 6.61. The Morgan fingerprint density at radius 2 is 1.48 bits per heavy atom. The summed E-state index contributed by atoms with van der Waals surface area (Å²) in [4.78, 5) is 15.1. The lowest BCUT2D eigenvalue weighted by Gasteiger charge is -2.45. The highest BCUT2D eigenvalue weighted by Gasteiger charge is 2.35. The summed E-state index contributed by atoms with van der Waals surface area (Å²) in [6.45, 7) is 7.67. The maximum atomic E-state index is 12.5. The van der Waals surface area contributed by atoms with Crippen LogP contribution in [-0.2, 0) is 4.74 Å². The highest BCUT2D eigenvalue weighted by Crippen LogP contribution is 2.38. The van der Waals surface area contributed by atoms with E-state index in [9.17, 15) is 4.79 Å². The molecule has 4 nitrogen and oxygen atoms in total. The number of ether oxygens (including phenoxy) is 1. The fourth-order valence-electron chi connectivity index (χ4n) is 4.70. The Morgan fingerprint density at radius 1 is 0.879 bits per heavy atom. The molecular formula is C29H30N2O2. The molecule has 0 atom stereocenters. The molecule has 0 N–H and O–H groups in total. The smallest absolute Gasteiger partial charge is 0.418 e. The van der Waals surface area contributed by atoms with Crippen molar-refractivity contribution in [3.63, 3.8) is 0 Å². The maximum absolute atomic E-state index is 12.5. The normalized spacial score (nSPS) is 15.0. The van der Waals surface area contributed by atoms with Crippen molar-refractivity contribution in [3.05, 3.63) is 108 Å². The molecule has 3 aromatic carbocycles. The zero-order valence-electron chi connectivity index (χ0n) is 19.4. The number of carbonyl (C=O) groups excluding carboxylic acids is 1.